The average Bonchev–Trinajstić information content (AvgIpc) is 2.37. The van der Waals surface area contributed by atoms with Gasteiger partial charge in [0.1, 0.15) is 12.4 Å². The highest BCUT2D eigenvalue weighted by Gasteiger charge is 1.97. The molecule has 1 rings (SSSR count). The van der Waals surface area contributed by atoms with Crippen LogP contribution in [0.25, 0.3) is 0 Å². The minimum Gasteiger partial charge on any atom is -0.490 e. The summed E-state index contributed by atoms with van der Waals surface area (Å²) in [6.45, 7) is 8.80. The van der Waals surface area contributed by atoms with E-state index in [1.807, 2.05) is 36.4 Å². The van der Waals surface area contributed by atoms with Crippen LogP contribution in [0.4, 0.5) is 0 Å². The number of hydrogen-bond donors (Lipinski definition) is 0. The van der Waals surface area contributed by atoms with Crippen molar-refractivity contribution in [1.82, 2.24) is 0 Å². The Balaban J connectivity index is 2.26. The summed E-state index contributed by atoms with van der Waals surface area (Å²) in [6, 6.07) is 9.91. The van der Waals surface area contributed by atoms with Crippen molar-refractivity contribution in [1.29, 1.82) is 0 Å². The molecule has 1 unspecified atom stereocenters. The second-order valence-corrected chi connectivity index (χ2v) is 4.43. The molecule has 0 saturated heterocycles. The lowest BCUT2D eigenvalue weighted by Gasteiger charge is -2.07. The molecule has 0 aromatic heterocycles. The van der Waals surface area contributed by atoms with E-state index < -0.39 is 0 Å². The fourth-order valence-corrected chi connectivity index (χ4v) is 1.47. The van der Waals surface area contributed by atoms with Gasteiger partial charge in [0.2, 0.25) is 0 Å². The zero-order chi connectivity index (χ0) is 12.5. The topological polar surface area (TPSA) is 9.23 Å². The van der Waals surface area contributed by atoms with Gasteiger partial charge in [-0.2, -0.15) is 0 Å². The van der Waals surface area contributed by atoms with E-state index in [2.05, 4.69) is 26.5 Å². The van der Waals surface area contributed by atoms with Gasteiger partial charge in [-0.15, -0.1) is 6.58 Å². The third-order valence-electron chi connectivity index (χ3n) is 2.82. The van der Waals surface area contributed by atoms with E-state index in [0.29, 0.717) is 12.5 Å². The summed E-state index contributed by atoms with van der Waals surface area (Å²) in [4.78, 5) is 0. The predicted molar refractivity (Wildman–Crippen MR) is 74.3 cm³/mol. The van der Waals surface area contributed by atoms with Crippen molar-refractivity contribution < 1.29 is 4.74 Å². The van der Waals surface area contributed by atoms with E-state index >= 15 is 0 Å². The number of benzene rings is 1. The van der Waals surface area contributed by atoms with Gasteiger partial charge in [-0.1, -0.05) is 36.8 Å². The lowest BCUT2D eigenvalue weighted by molar-refractivity contribution is 0.361. The molecule has 0 bridgehead atoms. The molecule has 0 amide bonds. The number of rotatable bonds is 7. The molecule has 1 aromatic carbocycles. The Morgan fingerprint density at radius 2 is 2.06 bits per heavy atom. The Bertz CT molecular complexity index is 351. The summed E-state index contributed by atoms with van der Waals surface area (Å²) in [5.41, 5.74) is 1.38. The van der Waals surface area contributed by atoms with Crippen LogP contribution in [-0.4, -0.2) is 6.61 Å². The molecule has 0 N–H and O–H groups in total. The Morgan fingerprint density at radius 1 is 1.35 bits per heavy atom. The third kappa shape index (κ3) is 5.96. The van der Waals surface area contributed by atoms with Crippen molar-refractivity contribution in [3.63, 3.8) is 0 Å². The summed E-state index contributed by atoms with van der Waals surface area (Å²) in [5, 5.41) is 0. The molecule has 0 fully saturated rings. The van der Waals surface area contributed by atoms with E-state index in [0.717, 1.165) is 18.6 Å². The van der Waals surface area contributed by atoms with Crippen molar-refractivity contribution >= 4 is 0 Å². The van der Waals surface area contributed by atoms with Crippen LogP contribution >= 0.6 is 0 Å². The van der Waals surface area contributed by atoms with Gasteiger partial charge in [-0.25, -0.2) is 0 Å². The summed E-state index contributed by atoms with van der Waals surface area (Å²) in [7, 11) is 0. The van der Waals surface area contributed by atoms with Crippen molar-refractivity contribution in [3.8, 4) is 5.75 Å². The van der Waals surface area contributed by atoms with Crippen LogP contribution < -0.4 is 4.74 Å². The van der Waals surface area contributed by atoms with Crippen LogP contribution in [0, 0.1) is 5.92 Å². The highest BCUT2D eigenvalue weighted by Crippen LogP contribution is 2.13. The van der Waals surface area contributed by atoms with Crippen molar-refractivity contribution in [3.05, 3.63) is 54.6 Å². The van der Waals surface area contributed by atoms with Crippen LogP contribution in [0.2, 0.25) is 0 Å². The minimum atomic E-state index is 0.591. The standard InChI is InChI=1S/C16H22O/c1-4-14(2)10-11-15(3)12-13-17-16-8-6-5-7-9-16/h4-9,12,14H,1,10-11,13H2,2-3H3. The van der Waals surface area contributed by atoms with Crippen LogP contribution in [0.3, 0.4) is 0 Å². The Morgan fingerprint density at radius 3 is 2.71 bits per heavy atom. The van der Waals surface area contributed by atoms with Gasteiger partial charge in [-0.05, 0) is 43.9 Å². The molecule has 0 saturated carbocycles. The summed E-state index contributed by atoms with van der Waals surface area (Å²) in [6.07, 6.45) is 6.44. The van der Waals surface area contributed by atoms with Crippen LogP contribution in [0.1, 0.15) is 26.7 Å². The number of hydrogen-bond acceptors (Lipinski definition) is 1. The molecule has 0 radical (unpaired) electrons. The number of para-hydroxylation sites is 1. The van der Waals surface area contributed by atoms with E-state index in [-0.39, 0.29) is 0 Å². The van der Waals surface area contributed by atoms with Gasteiger partial charge in [-0.3, -0.25) is 0 Å². The van der Waals surface area contributed by atoms with Gasteiger partial charge < -0.3 is 4.74 Å². The largest absolute Gasteiger partial charge is 0.490 e. The first kappa shape index (κ1) is 13.6. The molecule has 92 valence electrons. The summed E-state index contributed by atoms with van der Waals surface area (Å²) in [5.74, 6) is 1.52. The SMILES string of the molecule is C=CC(C)CCC(C)=CCOc1ccccc1. The number of ether oxygens (including phenoxy) is 1. The second kappa shape index (κ2) is 7.72. The average molecular weight is 230 g/mol. The molecular weight excluding hydrogens is 208 g/mol. The molecule has 17 heavy (non-hydrogen) atoms. The Hall–Kier alpha value is -1.50. The van der Waals surface area contributed by atoms with E-state index in [4.69, 9.17) is 4.74 Å². The maximum Gasteiger partial charge on any atom is 0.119 e. The summed E-state index contributed by atoms with van der Waals surface area (Å²) < 4.78 is 5.61. The normalized spacial score (nSPS) is 13.2. The molecule has 0 heterocycles. The monoisotopic (exact) mass is 230 g/mol. The third-order valence-corrected chi connectivity index (χ3v) is 2.82. The minimum absolute atomic E-state index is 0.591. The van der Waals surface area contributed by atoms with Crippen molar-refractivity contribution in [2.75, 3.05) is 6.61 Å². The van der Waals surface area contributed by atoms with Gasteiger partial charge in [0, 0.05) is 0 Å². The van der Waals surface area contributed by atoms with Gasteiger partial charge in [0.25, 0.3) is 0 Å². The fraction of sp³-hybridized carbons (Fsp3) is 0.375. The zero-order valence-electron chi connectivity index (χ0n) is 10.9. The second-order valence-electron chi connectivity index (χ2n) is 4.43. The molecule has 1 heteroatoms. The Kier molecular flexibility index (Phi) is 6.16. The van der Waals surface area contributed by atoms with E-state index in [1.54, 1.807) is 0 Å². The summed E-state index contributed by atoms with van der Waals surface area (Å²) >= 11 is 0. The molecule has 0 aliphatic carbocycles. The molecular formula is C16H22O. The first-order chi connectivity index (χ1) is 8.22. The highest BCUT2D eigenvalue weighted by atomic mass is 16.5. The maximum absolute atomic E-state index is 5.61. The lowest BCUT2D eigenvalue weighted by Crippen LogP contribution is -1.95. The van der Waals surface area contributed by atoms with Gasteiger partial charge >= 0.3 is 0 Å². The van der Waals surface area contributed by atoms with Crippen LogP contribution in [-0.2, 0) is 0 Å². The smallest absolute Gasteiger partial charge is 0.119 e. The quantitative estimate of drug-likeness (QED) is 0.621. The van der Waals surface area contributed by atoms with Gasteiger partial charge in [0.15, 0.2) is 0 Å². The fourth-order valence-electron chi connectivity index (χ4n) is 1.47. The number of allylic oxidation sites excluding steroid dienone is 2. The van der Waals surface area contributed by atoms with Gasteiger partial charge in [0.05, 0.1) is 0 Å². The lowest BCUT2D eigenvalue weighted by atomic mass is 10.0. The zero-order valence-corrected chi connectivity index (χ0v) is 10.9. The van der Waals surface area contributed by atoms with E-state index in [1.165, 1.54) is 5.57 Å². The molecule has 1 atom stereocenters. The van der Waals surface area contributed by atoms with Crippen LogP contribution in [0.5, 0.6) is 5.75 Å². The molecule has 0 aliphatic rings. The first-order valence-electron chi connectivity index (χ1n) is 6.18. The van der Waals surface area contributed by atoms with Crippen molar-refractivity contribution in [2.45, 2.75) is 26.7 Å². The molecule has 0 spiro atoms. The predicted octanol–water partition coefficient (Wildman–Crippen LogP) is 4.61. The molecule has 1 aromatic rings. The molecule has 0 aliphatic heterocycles. The highest BCUT2D eigenvalue weighted by molar-refractivity contribution is 5.21. The van der Waals surface area contributed by atoms with E-state index in [9.17, 15) is 0 Å². The maximum atomic E-state index is 5.61. The van der Waals surface area contributed by atoms with Crippen LogP contribution in [0.15, 0.2) is 54.6 Å². The first-order valence-corrected chi connectivity index (χ1v) is 6.18. The Labute approximate surface area is 105 Å². The van der Waals surface area contributed by atoms with Crippen molar-refractivity contribution in [2.24, 2.45) is 5.92 Å². The molecule has 1 nitrogen and oxygen atoms in total.